The van der Waals surface area contributed by atoms with Crippen LogP contribution in [0.15, 0.2) is 18.2 Å². The third-order valence-electron chi connectivity index (χ3n) is 2.94. The SMILES string of the molecule is Clc1cccc(CN2CCC(Br)CC2)c1Cl. The second kappa shape index (κ2) is 5.72. The van der Waals surface area contributed by atoms with Crippen molar-refractivity contribution in [3.8, 4) is 0 Å². The minimum Gasteiger partial charge on any atom is -0.299 e. The van der Waals surface area contributed by atoms with E-state index < -0.39 is 0 Å². The lowest BCUT2D eigenvalue weighted by Crippen LogP contribution is -2.33. The van der Waals surface area contributed by atoms with Crippen LogP contribution in [0, 0.1) is 0 Å². The number of rotatable bonds is 2. The Morgan fingerprint density at radius 3 is 2.62 bits per heavy atom. The molecule has 1 fully saturated rings. The van der Waals surface area contributed by atoms with Gasteiger partial charge in [-0.3, -0.25) is 4.90 Å². The molecule has 0 radical (unpaired) electrons. The van der Waals surface area contributed by atoms with Gasteiger partial charge in [-0.2, -0.15) is 0 Å². The normalized spacial score (nSPS) is 18.9. The molecule has 0 atom stereocenters. The van der Waals surface area contributed by atoms with Crippen LogP contribution in [0.3, 0.4) is 0 Å². The molecule has 1 aliphatic heterocycles. The van der Waals surface area contributed by atoms with Crippen LogP contribution in [0.4, 0.5) is 0 Å². The van der Waals surface area contributed by atoms with Crippen molar-refractivity contribution < 1.29 is 0 Å². The highest BCUT2D eigenvalue weighted by Gasteiger charge is 2.17. The minimum absolute atomic E-state index is 0.648. The molecule has 1 nitrogen and oxygen atoms in total. The summed E-state index contributed by atoms with van der Waals surface area (Å²) in [4.78, 5) is 3.11. The van der Waals surface area contributed by atoms with E-state index in [-0.39, 0.29) is 0 Å². The first-order valence-electron chi connectivity index (χ1n) is 5.46. The van der Waals surface area contributed by atoms with Gasteiger partial charge < -0.3 is 0 Å². The Balaban J connectivity index is 2.01. The summed E-state index contributed by atoms with van der Waals surface area (Å²) in [6.07, 6.45) is 2.41. The number of halogens is 3. The number of alkyl halides is 1. The van der Waals surface area contributed by atoms with E-state index in [9.17, 15) is 0 Å². The average molecular weight is 323 g/mol. The Hall–Kier alpha value is 0.240. The minimum atomic E-state index is 0.648. The molecule has 0 aliphatic carbocycles. The average Bonchev–Trinajstić information content (AvgIpc) is 2.28. The summed E-state index contributed by atoms with van der Waals surface area (Å²) in [5.74, 6) is 0. The Kier molecular flexibility index (Phi) is 4.54. The molecule has 16 heavy (non-hydrogen) atoms. The molecular formula is C12H14BrCl2N. The van der Waals surface area contributed by atoms with E-state index in [1.54, 1.807) is 0 Å². The molecule has 0 saturated carbocycles. The van der Waals surface area contributed by atoms with Crippen LogP contribution in [-0.4, -0.2) is 22.8 Å². The zero-order chi connectivity index (χ0) is 11.5. The van der Waals surface area contributed by atoms with Gasteiger partial charge in [-0.25, -0.2) is 0 Å². The summed E-state index contributed by atoms with van der Waals surface area (Å²) in [6, 6.07) is 5.84. The quantitative estimate of drug-likeness (QED) is 0.731. The lowest BCUT2D eigenvalue weighted by molar-refractivity contribution is 0.226. The van der Waals surface area contributed by atoms with Gasteiger partial charge in [-0.05, 0) is 37.6 Å². The van der Waals surface area contributed by atoms with Gasteiger partial charge >= 0.3 is 0 Å². The third-order valence-corrected chi connectivity index (χ3v) is 4.72. The predicted molar refractivity (Wildman–Crippen MR) is 73.7 cm³/mol. The fraction of sp³-hybridized carbons (Fsp3) is 0.500. The van der Waals surface area contributed by atoms with Crippen LogP contribution in [0.25, 0.3) is 0 Å². The maximum Gasteiger partial charge on any atom is 0.0637 e. The zero-order valence-corrected chi connectivity index (χ0v) is 12.0. The van der Waals surface area contributed by atoms with E-state index in [0.29, 0.717) is 14.9 Å². The Morgan fingerprint density at radius 1 is 1.25 bits per heavy atom. The van der Waals surface area contributed by atoms with Crippen LogP contribution in [0.2, 0.25) is 10.0 Å². The van der Waals surface area contributed by atoms with Crippen molar-refractivity contribution >= 4 is 39.1 Å². The first-order chi connectivity index (χ1) is 7.66. The largest absolute Gasteiger partial charge is 0.299 e. The molecule has 2 rings (SSSR count). The maximum atomic E-state index is 6.17. The van der Waals surface area contributed by atoms with Crippen molar-refractivity contribution in [1.82, 2.24) is 4.90 Å². The highest BCUT2D eigenvalue weighted by atomic mass is 79.9. The van der Waals surface area contributed by atoms with Crippen LogP contribution < -0.4 is 0 Å². The fourth-order valence-corrected chi connectivity index (χ4v) is 2.76. The van der Waals surface area contributed by atoms with Crippen LogP contribution in [-0.2, 0) is 6.54 Å². The zero-order valence-electron chi connectivity index (χ0n) is 8.93. The summed E-state index contributed by atoms with van der Waals surface area (Å²) in [5, 5.41) is 1.35. The maximum absolute atomic E-state index is 6.17. The van der Waals surface area contributed by atoms with Gasteiger partial charge in [0, 0.05) is 11.4 Å². The molecule has 0 spiro atoms. The molecular weight excluding hydrogens is 309 g/mol. The van der Waals surface area contributed by atoms with Gasteiger partial charge in [0.15, 0.2) is 0 Å². The van der Waals surface area contributed by atoms with Gasteiger partial charge in [0.05, 0.1) is 10.0 Å². The summed E-state index contributed by atoms with van der Waals surface area (Å²) in [5.41, 5.74) is 1.13. The summed E-state index contributed by atoms with van der Waals surface area (Å²) in [7, 11) is 0. The molecule has 0 aromatic heterocycles. The summed E-state index contributed by atoms with van der Waals surface area (Å²) < 4.78 is 0. The monoisotopic (exact) mass is 321 g/mol. The van der Waals surface area contributed by atoms with E-state index >= 15 is 0 Å². The van der Waals surface area contributed by atoms with E-state index in [1.165, 1.54) is 12.8 Å². The molecule has 4 heteroatoms. The molecule has 0 unspecified atom stereocenters. The molecule has 0 amide bonds. The lowest BCUT2D eigenvalue weighted by atomic mass is 10.1. The first kappa shape index (κ1) is 12.7. The van der Waals surface area contributed by atoms with Crippen LogP contribution in [0.1, 0.15) is 18.4 Å². The topological polar surface area (TPSA) is 3.24 Å². The Bertz CT molecular complexity index is 362. The van der Waals surface area contributed by atoms with Crippen LogP contribution >= 0.6 is 39.1 Å². The van der Waals surface area contributed by atoms with Crippen molar-refractivity contribution in [1.29, 1.82) is 0 Å². The molecule has 0 bridgehead atoms. The lowest BCUT2D eigenvalue weighted by Gasteiger charge is -2.29. The molecule has 1 aliphatic rings. The molecule has 0 N–H and O–H groups in total. The van der Waals surface area contributed by atoms with Crippen molar-refractivity contribution in [3.63, 3.8) is 0 Å². The van der Waals surface area contributed by atoms with Crippen LogP contribution in [0.5, 0.6) is 0 Å². The molecule has 1 heterocycles. The number of hydrogen-bond acceptors (Lipinski definition) is 1. The van der Waals surface area contributed by atoms with Gasteiger partial charge in [0.25, 0.3) is 0 Å². The Morgan fingerprint density at radius 2 is 1.94 bits per heavy atom. The second-order valence-corrected chi connectivity index (χ2v) is 6.24. The second-order valence-electron chi connectivity index (χ2n) is 4.16. The van der Waals surface area contributed by atoms with Gasteiger partial charge in [-0.1, -0.05) is 51.3 Å². The highest BCUT2D eigenvalue weighted by molar-refractivity contribution is 9.09. The van der Waals surface area contributed by atoms with Crippen molar-refractivity contribution in [3.05, 3.63) is 33.8 Å². The standard InChI is InChI=1S/C12H14BrCl2N/c13-10-4-6-16(7-5-10)8-9-2-1-3-11(14)12(9)15/h1-3,10H,4-8H2. The Labute approximate surface area is 115 Å². The number of piperidine rings is 1. The van der Waals surface area contributed by atoms with E-state index in [4.69, 9.17) is 23.2 Å². The molecule has 1 aromatic carbocycles. The van der Waals surface area contributed by atoms with E-state index in [2.05, 4.69) is 26.9 Å². The molecule has 1 aromatic rings. The smallest absolute Gasteiger partial charge is 0.0637 e. The molecule has 1 saturated heterocycles. The summed E-state index contributed by atoms with van der Waals surface area (Å²) >= 11 is 15.8. The number of nitrogens with zero attached hydrogens (tertiary/aromatic N) is 1. The molecule has 88 valence electrons. The van der Waals surface area contributed by atoms with Crippen molar-refractivity contribution in [2.75, 3.05) is 13.1 Å². The fourth-order valence-electron chi connectivity index (χ4n) is 1.97. The first-order valence-corrected chi connectivity index (χ1v) is 7.13. The van der Waals surface area contributed by atoms with E-state index in [0.717, 1.165) is 25.2 Å². The van der Waals surface area contributed by atoms with Gasteiger partial charge in [0.1, 0.15) is 0 Å². The third kappa shape index (κ3) is 3.13. The van der Waals surface area contributed by atoms with Gasteiger partial charge in [-0.15, -0.1) is 0 Å². The van der Waals surface area contributed by atoms with Crippen molar-refractivity contribution in [2.24, 2.45) is 0 Å². The summed E-state index contributed by atoms with van der Waals surface area (Å²) in [6.45, 7) is 3.15. The number of likely N-dealkylation sites (tertiary alicyclic amines) is 1. The number of benzene rings is 1. The van der Waals surface area contributed by atoms with E-state index in [1.807, 2.05) is 12.1 Å². The van der Waals surface area contributed by atoms with Crippen molar-refractivity contribution in [2.45, 2.75) is 24.2 Å². The highest BCUT2D eigenvalue weighted by Crippen LogP contribution is 2.27. The predicted octanol–water partition coefficient (Wildman–Crippen LogP) is 4.35. The van der Waals surface area contributed by atoms with Gasteiger partial charge in [0.2, 0.25) is 0 Å². The number of hydrogen-bond donors (Lipinski definition) is 0.